The summed E-state index contributed by atoms with van der Waals surface area (Å²) in [6.45, 7) is 3.89. The van der Waals surface area contributed by atoms with Crippen molar-refractivity contribution in [3.05, 3.63) is 59.2 Å². The SMILES string of the molecule is CC(C)S(=O)(=O)c1ccc(CC(=O)Nc2ccc3c(c2)C(=O)NCC3)cc1. The van der Waals surface area contributed by atoms with Crippen LogP contribution in [0.1, 0.15) is 35.3 Å². The van der Waals surface area contributed by atoms with Crippen LogP contribution in [-0.4, -0.2) is 32.0 Å². The number of hydrogen-bond donors (Lipinski definition) is 2. The Morgan fingerprint density at radius 3 is 2.52 bits per heavy atom. The summed E-state index contributed by atoms with van der Waals surface area (Å²) in [7, 11) is -3.32. The molecule has 1 aliphatic rings. The van der Waals surface area contributed by atoms with Gasteiger partial charge in [-0.3, -0.25) is 9.59 Å². The van der Waals surface area contributed by atoms with E-state index in [1.165, 1.54) is 12.1 Å². The number of rotatable bonds is 5. The van der Waals surface area contributed by atoms with Gasteiger partial charge in [-0.25, -0.2) is 8.42 Å². The number of carbonyl (C=O) groups is 2. The van der Waals surface area contributed by atoms with Crippen LogP contribution in [0.5, 0.6) is 0 Å². The monoisotopic (exact) mass is 386 g/mol. The highest BCUT2D eigenvalue weighted by Crippen LogP contribution is 2.20. The second-order valence-electron chi connectivity index (χ2n) is 6.84. The Balaban J connectivity index is 1.68. The molecule has 1 heterocycles. The van der Waals surface area contributed by atoms with Crippen molar-refractivity contribution in [1.29, 1.82) is 0 Å². The maximum atomic E-state index is 12.3. The zero-order chi connectivity index (χ0) is 19.6. The fourth-order valence-corrected chi connectivity index (χ4v) is 4.01. The summed E-state index contributed by atoms with van der Waals surface area (Å²) in [5.74, 6) is -0.361. The van der Waals surface area contributed by atoms with Gasteiger partial charge in [0.2, 0.25) is 5.91 Å². The van der Waals surface area contributed by atoms with E-state index in [4.69, 9.17) is 0 Å². The van der Waals surface area contributed by atoms with Crippen LogP contribution in [0, 0.1) is 0 Å². The van der Waals surface area contributed by atoms with E-state index in [1.807, 2.05) is 6.07 Å². The summed E-state index contributed by atoms with van der Waals surface area (Å²) >= 11 is 0. The Bertz CT molecular complexity index is 980. The summed E-state index contributed by atoms with van der Waals surface area (Å²) in [5.41, 5.74) is 2.83. The molecule has 0 radical (unpaired) electrons. The van der Waals surface area contributed by atoms with E-state index in [2.05, 4.69) is 10.6 Å². The summed E-state index contributed by atoms with van der Waals surface area (Å²) in [5, 5.41) is 5.08. The molecule has 2 amide bonds. The maximum absolute atomic E-state index is 12.3. The van der Waals surface area contributed by atoms with E-state index in [0.717, 1.165) is 12.0 Å². The maximum Gasteiger partial charge on any atom is 0.251 e. The fraction of sp³-hybridized carbons (Fsp3) is 0.300. The Hall–Kier alpha value is -2.67. The lowest BCUT2D eigenvalue weighted by molar-refractivity contribution is -0.115. The zero-order valence-electron chi connectivity index (χ0n) is 15.3. The second-order valence-corrected chi connectivity index (χ2v) is 9.34. The van der Waals surface area contributed by atoms with Gasteiger partial charge in [0.05, 0.1) is 16.6 Å². The number of amides is 2. The number of anilines is 1. The average molecular weight is 386 g/mol. The van der Waals surface area contributed by atoms with E-state index < -0.39 is 15.1 Å². The largest absolute Gasteiger partial charge is 0.352 e. The number of benzene rings is 2. The van der Waals surface area contributed by atoms with Crippen LogP contribution in [0.25, 0.3) is 0 Å². The molecule has 0 aromatic heterocycles. The summed E-state index contributed by atoms with van der Waals surface area (Å²) in [6, 6.07) is 11.7. The molecule has 0 bridgehead atoms. The third kappa shape index (κ3) is 4.19. The number of fused-ring (bicyclic) bond motifs is 1. The molecule has 6 nitrogen and oxygen atoms in total. The van der Waals surface area contributed by atoms with Crippen LogP contribution in [-0.2, 0) is 27.5 Å². The van der Waals surface area contributed by atoms with Crippen molar-refractivity contribution in [2.75, 3.05) is 11.9 Å². The van der Waals surface area contributed by atoms with Crippen molar-refractivity contribution < 1.29 is 18.0 Å². The van der Waals surface area contributed by atoms with Gasteiger partial charge in [0.25, 0.3) is 5.91 Å². The first-order chi connectivity index (χ1) is 12.8. The lowest BCUT2D eigenvalue weighted by Gasteiger charge is -2.17. The van der Waals surface area contributed by atoms with Crippen molar-refractivity contribution >= 4 is 27.3 Å². The molecule has 0 spiro atoms. The van der Waals surface area contributed by atoms with E-state index in [-0.39, 0.29) is 23.1 Å². The van der Waals surface area contributed by atoms with Crippen LogP contribution in [0.2, 0.25) is 0 Å². The summed E-state index contributed by atoms with van der Waals surface area (Å²) in [4.78, 5) is 24.4. The highest BCUT2D eigenvalue weighted by molar-refractivity contribution is 7.92. The molecule has 142 valence electrons. The second kappa shape index (κ2) is 7.52. The standard InChI is InChI=1S/C20H22N2O4S/c1-13(2)27(25,26)17-7-3-14(4-8-17)11-19(23)22-16-6-5-15-9-10-21-20(24)18(15)12-16/h3-8,12-13H,9-11H2,1-2H3,(H,21,24)(H,22,23). The van der Waals surface area contributed by atoms with Gasteiger partial charge in [-0.05, 0) is 55.7 Å². The normalized spacial score (nSPS) is 13.8. The number of sulfone groups is 1. The first-order valence-corrected chi connectivity index (χ1v) is 10.4. The zero-order valence-corrected chi connectivity index (χ0v) is 16.1. The molecule has 3 rings (SSSR count). The minimum Gasteiger partial charge on any atom is -0.352 e. The minimum atomic E-state index is -3.32. The van der Waals surface area contributed by atoms with Gasteiger partial charge in [0.15, 0.2) is 9.84 Å². The molecular weight excluding hydrogens is 364 g/mol. The van der Waals surface area contributed by atoms with E-state index in [0.29, 0.717) is 23.4 Å². The van der Waals surface area contributed by atoms with Gasteiger partial charge in [0.1, 0.15) is 0 Å². The Kier molecular flexibility index (Phi) is 5.32. The molecule has 0 saturated heterocycles. The Morgan fingerprint density at radius 1 is 1.15 bits per heavy atom. The fourth-order valence-electron chi connectivity index (χ4n) is 2.95. The molecule has 2 aromatic rings. The molecule has 27 heavy (non-hydrogen) atoms. The molecule has 7 heteroatoms. The van der Waals surface area contributed by atoms with E-state index >= 15 is 0 Å². The summed E-state index contributed by atoms with van der Waals surface area (Å²) < 4.78 is 24.3. The van der Waals surface area contributed by atoms with Gasteiger partial charge < -0.3 is 10.6 Å². The topological polar surface area (TPSA) is 92.3 Å². The first kappa shape index (κ1) is 19.1. The van der Waals surface area contributed by atoms with Crippen molar-refractivity contribution in [3.8, 4) is 0 Å². The van der Waals surface area contributed by atoms with Crippen molar-refractivity contribution in [1.82, 2.24) is 5.32 Å². The molecule has 2 N–H and O–H groups in total. The highest BCUT2D eigenvalue weighted by Gasteiger charge is 2.19. The molecule has 0 saturated carbocycles. The average Bonchev–Trinajstić information content (AvgIpc) is 2.62. The Labute approximate surface area is 158 Å². The van der Waals surface area contributed by atoms with Crippen LogP contribution >= 0.6 is 0 Å². The Morgan fingerprint density at radius 2 is 1.85 bits per heavy atom. The molecular formula is C20H22N2O4S. The third-order valence-electron chi connectivity index (χ3n) is 4.56. The highest BCUT2D eigenvalue weighted by atomic mass is 32.2. The smallest absolute Gasteiger partial charge is 0.251 e. The first-order valence-electron chi connectivity index (χ1n) is 8.81. The number of carbonyl (C=O) groups excluding carboxylic acids is 2. The lowest BCUT2D eigenvalue weighted by atomic mass is 10.00. The van der Waals surface area contributed by atoms with Crippen molar-refractivity contribution in [2.24, 2.45) is 0 Å². The van der Waals surface area contributed by atoms with Crippen LogP contribution < -0.4 is 10.6 Å². The van der Waals surface area contributed by atoms with Gasteiger partial charge in [-0.15, -0.1) is 0 Å². The number of hydrogen-bond acceptors (Lipinski definition) is 4. The third-order valence-corrected chi connectivity index (χ3v) is 6.73. The molecule has 0 aliphatic carbocycles. The van der Waals surface area contributed by atoms with Crippen LogP contribution in [0.4, 0.5) is 5.69 Å². The van der Waals surface area contributed by atoms with E-state index in [1.54, 1.807) is 38.1 Å². The molecule has 1 aliphatic heterocycles. The summed E-state index contributed by atoms with van der Waals surface area (Å²) in [6.07, 6.45) is 0.895. The van der Waals surface area contributed by atoms with Crippen LogP contribution in [0.15, 0.2) is 47.4 Å². The quantitative estimate of drug-likeness (QED) is 0.825. The van der Waals surface area contributed by atoms with Gasteiger partial charge in [0, 0.05) is 17.8 Å². The van der Waals surface area contributed by atoms with Gasteiger partial charge in [-0.2, -0.15) is 0 Å². The van der Waals surface area contributed by atoms with Gasteiger partial charge >= 0.3 is 0 Å². The van der Waals surface area contributed by atoms with Crippen molar-refractivity contribution in [2.45, 2.75) is 36.8 Å². The minimum absolute atomic E-state index is 0.116. The predicted octanol–water partition coefficient (Wildman–Crippen LogP) is 2.34. The van der Waals surface area contributed by atoms with Crippen molar-refractivity contribution in [3.63, 3.8) is 0 Å². The molecule has 0 fully saturated rings. The number of nitrogens with one attached hydrogen (secondary N) is 2. The molecule has 0 atom stereocenters. The van der Waals surface area contributed by atoms with Gasteiger partial charge in [-0.1, -0.05) is 18.2 Å². The van der Waals surface area contributed by atoms with Crippen LogP contribution in [0.3, 0.4) is 0 Å². The van der Waals surface area contributed by atoms with E-state index in [9.17, 15) is 18.0 Å². The predicted molar refractivity (Wildman–Crippen MR) is 104 cm³/mol. The molecule has 2 aromatic carbocycles. The lowest BCUT2D eigenvalue weighted by Crippen LogP contribution is -2.31. The molecule has 0 unspecified atom stereocenters.